The minimum atomic E-state index is 0. The SMILES string of the molecule is C.CC(C)Cc1ccc2cccnc2c1. The molecule has 0 fully saturated rings. The summed E-state index contributed by atoms with van der Waals surface area (Å²) in [5.41, 5.74) is 2.48. The van der Waals surface area contributed by atoms with Crippen LogP contribution in [0.25, 0.3) is 10.9 Å². The summed E-state index contributed by atoms with van der Waals surface area (Å²) in [6.45, 7) is 4.48. The molecule has 1 heterocycles. The maximum Gasteiger partial charge on any atom is 0.0704 e. The monoisotopic (exact) mass is 201 g/mol. The van der Waals surface area contributed by atoms with Gasteiger partial charge in [0.15, 0.2) is 0 Å². The average Bonchev–Trinajstić information content (AvgIpc) is 2.17. The van der Waals surface area contributed by atoms with E-state index in [-0.39, 0.29) is 7.43 Å². The molecule has 2 rings (SSSR count). The molecule has 80 valence electrons. The molecule has 1 nitrogen and oxygen atoms in total. The first-order chi connectivity index (χ1) is 6.75. The Labute approximate surface area is 92.2 Å². The first kappa shape index (κ1) is 11.7. The summed E-state index contributed by atoms with van der Waals surface area (Å²) < 4.78 is 0. The van der Waals surface area contributed by atoms with E-state index in [4.69, 9.17) is 0 Å². The van der Waals surface area contributed by atoms with Gasteiger partial charge in [0.1, 0.15) is 0 Å². The molecule has 15 heavy (non-hydrogen) atoms. The lowest BCUT2D eigenvalue weighted by Gasteiger charge is -2.05. The zero-order chi connectivity index (χ0) is 9.97. The molecule has 1 aromatic carbocycles. The molecule has 0 radical (unpaired) electrons. The van der Waals surface area contributed by atoms with Gasteiger partial charge < -0.3 is 0 Å². The molecule has 0 atom stereocenters. The topological polar surface area (TPSA) is 12.9 Å². The van der Waals surface area contributed by atoms with Gasteiger partial charge in [0.2, 0.25) is 0 Å². The predicted octanol–water partition coefficient (Wildman–Crippen LogP) is 4.07. The summed E-state index contributed by atoms with van der Waals surface area (Å²) in [6, 6.07) is 10.6. The van der Waals surface area contributed by atoms with Crippen LogP contribution in [-0.4, -0.2) is 4.98 Å². The Balaban J connectivity index is 0.00000112. The van der Waals surface area contributed by atoms with Crippen LogP contribution in [0.15, 0.2) is 36.5 Å². The second kappa shape index (κ2) is 4.92. The Hall–Kier alpha value is -1.37. The van der Waals surface area contributed by atoms with Crippen molar-refractivity contribution < 1.29 is 0 Å². The van der Waals surface area contributed by atoms with Gasteiger partial charge in [-0.25, -0.2) is 0 Å². The van der Waals surface area contributed by atoms with Crippen molar-refractivity contribution in [3.63, 3.8) is 0 Å². The van der Waals surface area contributed by atoms with E-state index in [1.807, 2.05) is 12.3 Å². The number of hydrogen-bond donors (Lipinski definition) is 0. The third-order valence-corrected chi connectivity index (χ3v) is 2.31. The fraction of sp³-hybridized carbons (Fsp3) is 0.357. The number of aromatic nitrogens is 1. The van der Waals surface area contributed by atoms with E-state index < -0.39 is 0 Å². The molecule has 0 spiro atoms. The van der Waals surface area contributed by atoms with Gasteiger partial charge in [-0.2, -0.15) is 0 Å². The van der Waals surface area contributed by atoms with Crippen LogP contribution >= 0.6 is 0 Å². The minimum Gasteiger partial charge on any atom is -0.256 e. The molecule has 0 aliphatic carbocycles. The van der Waals surface area contributed by atoms with Gasteiger partial charge in [0.25, 0.3) is 0 Å². The largest absolute Gasteiger partial charge is 0.256 e. The van der Waals surface area contributed by atoms with Crippen molar-refractivity contribution in [3.8, 4) is 0 Å². The average molecular weight is 201 g/mol. The van der Waals surface area contributed by atoms with Gasteiger partial charge in [0.05, 0.1) is 5.52 Å². The number of nitrogens with zero attached hydrogens (tertiary/aromatic N) is 1. The molecule has 0 saturated carbocycles. The fourth-order valence-electron chi connectivity index (χ4n) is 1.71. The van der Waals surface area contributed by atoms with Crippen LogP contribution in [0.1, 0.15) is 26.8 Å². The highest BCUT2D eigenvalue weighted by molar-refractivity contribution is 5.78. The van der Waals surface area contributed by atoms with Crippen molar-refractivity contribution in [1.82, 2.24) is 4.98 Å². The molecular formula is C14H19N. The zero-order valence-corrected chi connectivity index (χ0v) is 8.70. The van der Waals surface area contributed by atoms with Gasteiger partial charge in [-0.15, -0.1) is 0 Å². The van der Waals surface area contributed by atoms with Crippen molar-refractivity contribution in [2.45, 2.75) is 27.7 Å². The van der Waals surface area contributed by atoms with E-state index in [1.165, 1.54) is 10.9 Å². The Bertz CT molecular complexity index is 432. The number of pyridine rings is 1. The maximum absolute atomic E-state index is 4.35. The van der Waals surface area contributed by atoms with Gasteiger partial charge in [-0.05, 0) is 30.0 Å². The molecule has 0 saturated heterocycles. The lowest BCUT2D eigenvalue weighted by Crippen LogP contribution is -1.93. The molecule has 0 N–H and O–H groups in total. The third kappa shape index (κ3) is 2.79. The van der Waals surface area contributed by atoms with Crippen LogP contribution in [-0.2, 0) is 6.42 Å². The van der Waals surface area contributed by atoms with Crippen molar-refractivity contribution >= 4 is 10.9 Å². The second-order valence-corrected chi connectivity index (χ2v) is 4.13. The van der Waals surface area contributed by atoms with Gasteiger partial charge in [-0.1, -0.05) is 39.5 Å². The standard InChI is InChI=1S/C13H15N.CH4/c1-10(2)8-11-5-6-12-4-3-7-14-13(12)9-11;/h3-7,9-10H,8H2,1-2H3;1H4. The fourth-order valence-corrected chi connectivity index (χ4v) is 1.71. The molecular weight excluding hydrogens is 182 g/mol. The van der Waals surface area contributed by atoms with Crippen molar-refractivity contribution in [2.24, 2.45) is 5.92 Å². The van der Waals surface area contributed by atoms with E-state index in [1.54, 1.807) is 0 Å². The Morgan fingerprint density at radius 3 is 2.73 bits per heavy atom. The number of fused-ring (bicyclic) bond motifs is 1. The summed E-state index contributed by atoms with van der Waals surface area (Å²) in [7, 11) is 0. The molecule has 0 bridgehead atoms. The summed E-state index contributed by atoms with van der Waals surface area (Å²) in [6.07, 6.45) is 2.98. The highest BCUT2D eigenvalue weighted by Gasteiger charge is 1.99. The summed E-state index contributed by atoms with van der Waals surface area (Å²) in [5, 5.41) is 1.22. The Morgan fingerprint density at radius 1 is 1.20 bits per heavy atom. The van der Waals surface area contributed by atoms with Crippen LogP contribution in [0.5, 0.6) is 0 Å². The van der Waals surface area contributed by atoms with E-state index in [2.05, 4.69) is 43.1 Å². The molecule has 0 unspecified atom stereocenters. The molecule has 2 aromatic rings. The smallest absolute Gasteiger partial charge is 0.0704 e. The van der Waals surface area contributed by atoms with Crippen molar-refractivity contribution in [3.05, 3.63) is 42.1 Å². The van der Waals surface area contributed by atoms with Crippen molar-refractivity contribution in [2.75, 3.05) is 0 Å². The van der Waals surface area contributed by atoms with Crippen molar-refractivity contribution in [1.29, 1.82) is 0 Å². The first-order valence-corrected chi connectivity index (χ1v) is 5.09. The Morgan fingerprint density at radius 2 is 2.00 bits per heavy atom. The summed E-state index contributed by atoms with van der Waals surface area (Å²) in [5.74, 6) is 0.705. The second-order valence-electron chi connectivity index (χ2n) is 4.13. The molecule has 0 amide bonds. The summed E-state index contributed by atoms with van der Waals surface area (Å²) in [4.78, 5) is 4.35. The van der Waals surface area contributed by atoms with E-state index in [0.717, 1.165) is 11.9 Å². The zero-order valence-electron chi connectivity index (χ0n) is 8.70. The van der Waals surface area contributed by atoms with Gasteiger partial charge in [0, 0.05) is 11.6 Å². The third-order valence-electron chi connectivity index (χ3n) is 2.31. The van der Waals surface area contributed by atoms with E-state index in [0.29, 0.717) is 5.92 Å². The Kier molecular flexibility index (Phi) is 3.84. The molecule has 0 aliphatic heterocycles. The van der Waals surface area contributed by atoms with E-state index in [9.17, 15) is 0 Å². The normalized spacial score (nSPS) is 10.3. The lowest BCUT2D eigenvalue weighted by molar-refractivity contribution is 0.647. The van der Waals surface area contributed by atoms with E-state index >= 15 is 0 Å². The molecule has 1 aromatic heterocycles. The quantitative estimate of drug-likeness (QED) is 0.713. The highest BCUT2D eigenvalue weighted by Crippen LogP contribution is 2.15. The van der Waals surface area contributed by atoms with Gasteiger partial charge in [-0.3, -0.25) is 4.98 Å². The predicted molar refractivity (Wildman–Crippen MR) is 67.0 cm³/mol. The lowest BCUT2D eigenvalue weighted by atomic mass is 10.0. The van der Waals surface area contributed by atoms with Gasteiger partial charge >= 0.3 is 0 Å². The summed E-state index contributed by atoms with van der Waals surface area (Å²) >= 11 is 0. The van der Waals surface area contributed by atoms with Crippen LogP contribution in [0.3, 0.4) is 0 Å². The number of hydrogen-bond acceptors (Lipinski definition) is 1. The van der Waals surface area contributed by atoms with Crippen LogP contribution in [0, 0.1) is 5.92 Å². The number of benzene rings is 1. The first-order valence-electron chi connectivity index (χ1n) is 5.09. The highest BCUT2D eigenvalue weighted by atomic mass is 14.6. The number of rotatable bonds is 2. The molecule has 1 heteroatoms. The minimum absolute atomic E-state index is 0. The van der Waals surface area contributed by atoms with Crippen LogP contribution in [0.4, 0.5) is 0 Å². The maximum atomic E-state index is 4.35. The van der Waals surface area contributed by atoms with Crippen LogP contribution in [0.2, 0.25) is 0 Å². The van der Waals surface area contributed by atoms with Crippen LogP contribution < -0.4 is 0 Å². The molecule has 0 aliphatic rings.